The van der Waals surface area contributed by atoms with Gasteiger partial charge < -0.3 is 6.87 Å². The first kappa shape index (κ1) is 19.0. The highest BCUT2D eigenvalue weighted by molar-refractivity contribution is 7.79. The van der Waals surface area contributed by atoms with Crippen LogP contribution in [0.15, 0.2) is 84.9 Å². The molecule has 0 radical (unpaired) electrons. The van der Waals surface area contributed by atoms with E-state index in [1.54, 1.807) is 0 Å². The lowest BCUT2D eigenvalue weighted by molar-refractivity contribution is -1.63. The van der Waals surface area contributed by atoms with Crippen LogP contribution in [0.3, 0.4) is 0 Å². The van der Waals surface area contributed by atoms with E-state index >= 15 is 0 Å². The maximum absolute atomic E-state index is 8.68. The van der Waals surface area contributed by atoms with Crippen molar-refractivity contribution in [1.82, 2.24) is 0 Å². The van der Waals surface area contributed by atoms with Gasteiger partial charge in [-0.05, 0) is 39.8 Å². The molecule has 0 saturated carbocycles. The fourth-order valence-electron chi connectivity index (χ4n) is 2.40. The molecule has 0 saturated heterocycles. The van der Waals surface area contributed by atoms with Gasteiger partial charge in [0, 0.05) is 0 Å². The maximum Gasteiger partial charge on any atom is 0.503 e. The van der Waals surface area contributed by atoms with Gasteiger partial charge in [0.25, 0.3) is 0 Å². The average Bonchev–Trinajstić information content (AvgIpc) is 2.58. The molecule has 3 rings (SSSR count). The summed E-state index contributed by atoms with van der Waals surface area (Å²) in [6.07, 6.45) is 0. The van der Waals surface area contributed by atoms with Crippen LogP contribution in [0.25, 0.3) is 0 Å². The Morgan fingerprint density at radius 1 is 0.708 bits per heavy atom. The fourth-order valence-corrected chi connectivity index (χ4v) is 4.85. The first-order chi connectivity index (χ1) is 11.6. The first-order valence-corrected chi connectivity index (χ1v) is 11.4. The highest BCUT2D eigenvalue weighted by Gasteiger charge is 2.17. The summed E-state index contributed by atoms with van der Waals surface area (Å²) in [5, 5.41) is 4.26. The summed E-state index contributed by atoms with van der Waals surface area (Å²) in [5.41, 5.74) is 1.37. The second-order valence-electron chi connectivity index (χ2n) is 4.99. The predicted octanol–water partition coefficient (Wildman–Crippen LogP) is -2.18. The van der Waals surface area contributed by atoms with Crippen molar-refractivity contribution in [3.63, 3.8) is 0 Å². The molecule has 124 valence electrons. The summed E-state index contributed by atoms with van der Waals surface area (Å²) in [6, 6.07) is 30.4. The van der Waals surface area contributed by atoms with Crippen LogP contribution in [0.1, 0.15) is 5.56 Å². The molecular weight excluding hydrogens is 434 g/mol. The van der Waals surface area contributed by atoms with E-state index < -0.39 is 29.0 Å². The highest BCUT2D eigenvalue weighted by atomic mass is 127. The van der Waals surface area contributed by atoms with Crippen molar-refractivity contribution < 1.29 is 31.4 Å². The van der Waals surface area contributed by atoms with Crippen LogP contribution in [-0.4, -0.2) is 3.44 Å². The Kier molecular flexibility index (Phi) is 7.82. The van der Waals surface area contributed by atoms with Crippen LogP contribution in [0.5, 0.6) is 0 Å². The third kappa shape index (κ3) is 5.65. The van der Waals surface area contributed by atoms with Gasteiger partial charge >= 0.3 is 21.1 Å². The maximum atomic E-state index is 8.68. The number of hydrogen-bond acceptors (Lipinski definition) is 3. The van der Waals surface area contributed by atoms with Gasteiger partial charge in [-0.15, -0.1) is 0 Å². The standard InChI is InChI=1S/C19H17P.HIO3/c1-16-10-8-9-15-19(16)20(17-11-4-2-5-12-17)18-13-6-3-7-14-18;2-1(3)4/h2-15H,1H3;2H. The molecule has 0 aliphatic rings. The Balaban J connectivity index is 0.000000471. The molecule has 0 unspecified atom stereocenters. The van der Waals surface area contributed by atoms with Gasteiger partial charge in [-0.2, -0.15) is 0 Å². The second kappa shape index (κ2) is 9.87. The van der Waals surface area contributed by atoms with Crippen molar-refractivity contribution in [2.75, 3.05) is 0 Å². The topological polar surface area (TPSA) is 66.3 Å². The molecule has 0 atom stereocenters. The lowest BCUT2D eigenvalue weighted by atomic mass is 10.2. The van der Waals surface area contributed by atoms with Gasteiger partial charge in [0.1, 0.15) is 0 Å². The molecule has 3 nitrogen and oxygen atoms in total. The van der Waals surface area contributed by atoms with Gasteiger partial charge in [0.15, 0.2) is 0 Å². The Hall–Kier alpha value is -1.30. The van der Waals surface area contributed by atoms with Crippen molar-refractivity contribution in [2.45, 2.75) is 6.92 Å². The van der Waals surface area contributed by atoms with Crippen molar-refractivity contribution in [3.8, 4) is 0 Å². The van der Waals surface area contributed by atoms with Gasteiger partial charge in [-0.25, -0.2) is 0 Å². The molecule has 0 aliphatic heterocycles. The monoisotopic (exact) mass is 452 g/mol. The van der Waals surface area contributed by atoms with Crippen LogP contribution >= 0.6 is 7.92 Å². The quantitative estimate of drug-likeness (QED) is 0.363. The molecule has 5 heteroatoms. The number of rotatable bonds is 3. The Morgan fingerprint density at radius 2 is 1.08 bits per heavy atom. The zero-order chi connectivity index (χ0) is 17.4. The van der Waals surface area contributed by atoms with Crippen molar-refractivity contribution >= 4 is 23.8 Å². The van der Waals surface area contributed by atoms with E-state index in [9.17, 15) is 0 Å². The van der Waals surface area contributed by atoms with E-state index in [2.05, 4.69) is 91.9 Å². The normalized spacial score (nSPS) is 10.4. The average molecular weight is 452 g/mol. The zero-order valence-corrected chi connectivity index (χ0v) is 16.2. The fraction of sp³-hybridized carbons (Fsp3) is 0.0526. The first-order valence-electron chi connectivity index (χ1n) is 7.30. The summed E-state index contributed by atoms with van der Waals surface area (Å²) in [7, 11) is -0.467. The summed E-state index contributed by atoms with van der Waals surface area (Å²) in [5.74, 6) is 0. The smallest absolute Gasteiger partial charge is 0.396 e. The molecule has 0 amide bonds. The highest BCUT2D eigenvalue weighted by Crippen LogP contribution is 2.33. The number of halogens is 1. The molecule has 0 aliphatic carbocycles. The van der Waals surface area contributed by atoms with Gasteiger partial charge in [0.2, 0.25) is 0 Å². The van der Waals surface area contributed by atoms with Crippen molar-refractivity contribution in [1.29, 1.82) is 0 Å². The van der Waals surface area contributed by atoms with E-state index in [-0.39, 0.29) is 0 Å². The molecule has 3 aromatic carbocycles. The number of benzene rings is 3. The minimum atomic E-state index is -3.76. The van der Waals surface area contributed by atoms with Crippen LogP contribution in [0, 0.1) is 6.92 Å². The summed E-state index contributed by atoms with van der Waals surface area (Å²) in [4.78, 5) is 0. The lowest BCUT2D eigenvalue weighted by Crippen LogP contribution is -3.98. The van der Waals surface area contributed by atoms with Crippen LogP contribution in [0.4, 0.5) is 0 Å². The Bertz CT molecular complexity index is 694. The molecular formula is C19H18IO3P. The molecule has 0 bridgehead atoms. The van der Waals surface area contributed by atoms with Crippen LogP contribution < -0.4 is 43.8 Å². The summed E-state index contributed by atoms with van der Waals surface area (Å²) in [6.45, 7) is 2.20. The number of hydrogen-bond donors (Lipinski definition) is 1. The minimum Gasteiger partial charge on any atom is -0.396 e. The van der Waals surface area contributed by atoms with Crippen LogP contribution in [0.2, 0.25) is 0 Å². The molecule has 0 aromatic heterocycles. The summed E-state index contributed by atoms with van der Waals surface area (Å²) >= 11 is -3.76. The van der Waals surface area contributed by atoms with E-state index in [1.807, 2.05) is 0 Å². The van der Waals surface area contributed by atoms with E-state index in [0.29, 0.717) is 0 Å². The molecule has 0 fully saturated rings. The third-order valence-corrected chi connectivity index (χ3v) is 6.00. The van der Waals surface area contributed by atoms with E-state index in [1.165, 1.54) is 21.5 Å². The molecule has 0 heterocycles. The Morgan fingerprint density at radius 3 is 1.50 bits per heavy atom. The zero-order valence-electron chi connectivity index (χ0n) is 13.2. The van der Waals surface area contributed by atoms with Gasteiger partial charge in [-0.3, -0.25) is 0 Å². The van der Waals surface area contributed by atoms with Crippen molar-refractivity contribution in [3.05, 3.63) is 90.5 Å². The minimum absolute atomic E-state index is 0.467. The third-order valence-electron chi connectivity index (χ3n) is 3.39. The lowest BCUT2D eigenvalue weighted by Gasteiger charge is -2.21. The SMILES string of the molecule is Cc1ccccc1P(c1ccccc1)c1ccccc1.[O-][I+2]([O-])O. The van der Waals surface area contributed by atoms with Crippen molar-refractivity contribution in [2.24, 2.45) is 0 Å². The largest absolute Gasteiger partial charge is 0.503 e. The molecule has 0 spiro atoms. The number of aryl methyl sites for hydroxylation is 1. The second-order valence-corrected chi connectivity index (χ2v) is 8.33. The Labute approximate surface area is 152 Å². The summed E-state index contributed by atoms with van der Waals surface area (Å²) < 4.78 is 24.5. The predicted molar refractivity (Wildman–Crippen MR) is 92.1 cm³/mol. The van der Waals surface area contributed by atoms with Gasteiger partial charge in [0.05, 0.1) is 0 Å². The van der Waals surface area contributed by atoms with Gasteiger partial charge in [-0.1, -0.05) is 84.9 Å². The van der Waals surface area contributed by atoms with Crippen LogP contribution in [-0.2, 0) is 0 Å². The van der Waals surface area contributed by atoms with E-state index in [0.717, 1.165) is 0 Å². The molecule has 3 aromatic rings. The van der Waals surface area contributed by atoms with E-state index in [4.69, 9.17) is 10.3 Å². The molecule has 1 N–H and O–H groups in total. The molecule has 24 heavy (non-hydrogen) atoms.